The first-order valence-electron chi connectivity index (χ1n) is 7.32. The highest BCUT2D eigenvalue weighted by molar-refractivity contribution is 5.72. The first-order chi connectivity index (χ1) is 9.02. The van der Waals surface area contributed by atoms with Crippen LogP contribution in [0.1, 0.15) is 33.6 Å². The van der Waals surface area contributed by atoms with Crippen LogP contribution in [-0.2, 0) is 9.53 Å². The number of hydrogen-bond acceptors (Lipinski definition) is 4. The molecule has 0 bridgehead atoms. The second-order valence-electron chi connectivity index (χ2n) is 5.59. The van der Waals surface area contributed by atoms with Gasteiger partial charge in [0.05, 0.1) is 12.5 Å². The average molecular weight is 268 g/mol. The fourth-order valence-corrected chi connectivity index (χ4v) is 2.31. The van der Waals surface area contributed by atoms with Crippen molar-refractivity contribution in [3.63, 3.8) is 0 Å². The lowest BCUT2D eigenvalue weighted by molar-refractivity contribution is -0.149. The molecule has 110 valence electrons. The lowest BCUT2D eigenvalue weighted by Crippen LogP contribution is -2.39. The first kappa shape index (κ1) is 16.2. The van der Waals surface area contributed by atoms with Crippen molar-refractivity contribution in [3.05, 3.63) is 12.2 Å². The van der Waals surface area contributed by atoms with Crippen molar-refractivity contribution in [1.29, 1.82) is 0 Å². The van der Waals surface area contributed by atoms with E-state index in [9.17, 15) is 4.79 Å². The van der Waals surface area contributed by atoms with Crippen LogP contribution in [0.4, 0.5) is 0 Å². The van der Waals surface area contributed by atoms with Crippen molar-refractivity contribution < 1.29 is 9.53 Å². The zero-order valence-electron chi connectivity index (χ0n) is 12.6. The molecule has 0 spiro atoms. The van der Waals surface area contributed by atoms with Gasteiger partial charge in [0, 0.05) is 19.1 Å². The highest BCUT2D eigenvalue weighted by Crippen LogP contribution is 2.19. The predicted octanol–water partition coefficient (Wildman–Crippen LogP) is 1.82. The normalized spacial score (nSPS) is 17.7. The van der Waals surface area contributed by atoms with Crippen molar-refractivity contribution in [3.8, 4) is 0 Å². The third-order valence-electron chi connectivity index (χ3n) is 3.42. The first-order valence-corrected chi connectivity index (χ1v) is 7.32. The number of nitrogens with one attached hydrogen (secondary N) is 1. The Labute approximate surface area is 117 Å². The summed E-state index contributed by atoms with van der Waals surface area (Å²) in [6, 6.07) is 0.492. The van der Waals surface area contributed by atoms with Crippen molar-refractivity contribution in [2.24, 2.45) is 5.92 Å². The number of esters is 1. The molecule has 1 N–H and O–H groups in total. The second-order valence-corrected chi connectivity index (χ2v) is 5.59. The van der Waals surface area contributed by atoms with E-state index < -0.39 is 0 Å². The van der Waals surface area contributed by atoms with Crippen molar-refractivity contribution >= 4 is 5.97 Å². The van der Waals surface area contributed by atoms with Gasteiger partial charge in [-0.25, -0.2) is 0 Å². The Hall–Kier alpha value is -0.870. The summed E-state index contributed by atoms with van der Waals surface area (Å²) in [6.45, 7) is 14.4. The molecule has 0 radical (unpaired) electrons. The Bertz CT molecular complexity index is 295. The van der Waals surface area contributed by atoms with Crippen molar-refractivity contribution in [1.82, 2.24) is 10.2 Å². The van der Waals surface area contributed by atoms with E-state index >= 15 is 0 Å². The van der Waals surface area contributed by atoms with Crippen LogP contribution < -0.4 is 5.32 Å². The maximum atomic E-state index is 11.6. The van der Waals surface area contributed by atoms with Crippen LogP contribution in [0.2, 0.25) is 0 Å². The van der Waals surface area contributed by atoms with Gasteiger partial charge in [0.25, 0.3) is 0 Å². The Kier molecular flexibility index (Phi) is 7.10. The minimum Gasteiger partial charge on any atom is -0.466 e. The zero-order valence-corrected chi connectivity index (χ0v) is 12.6. The minimum absolute atomic E-state index is 0.0255. The van der Waals surface area contributed by atoms with Crippen molar-refractivity contribution in [2.45, 2.75) is 39.7 Å². The fraction of sp³-hybridized carbons (Fsp3) is 0.800. The molecule has 4 nitrogen and oxygen atoms in total. The summed E-state index contributed by atoms with van der Waals surface area (Å²) in [5.41, 5.74) is 1.21. The molecule has 4 heteroatoms. The van der Waals surface area contributed by atoms with Gasteiger partial charge < -0.3 is 10.1 Å². The predicted molar refractivity (Wildman–Crippen MR) is 78.1 cm³/mol. The molecule has 0 amide bonds. The van der Waals surface area contributed by atoms with E-state index in [-0.39, 0.29) is 11.9 Å². The standard InChI is InChI=1S/C15H28N2O2/c1-5-19-15(18)14-6-8-17(9-7-14)11-13(4)10-16-12(2)3/h12,14,16H,4-11H2,1-3H3. The van der Waals surface area contributed by atoms with Gasteiger partial charge in [-0.3, -0.25) is 9.69 Å². The molecule has 0 aliphatic carbocycles. The van der Waals surface area contributed by atoms with Gasteiger partial charge in [0.1, 0.15) is 0 Å². The zero-order chi connectivity index (χ0) is 14.3. The highest BCUT2D eigenvalue weighted by atomic mass is 16.5. The summed E-state index contributed by atoms with van der Waals surface area (Å²) in [6.07, 6.45) is 1.81. The molecule has 1 saturated heterocycles. The van der Waals surface area contributed by atoms with Gasteiger partial charge in [0.15, 0.2) is 0 Å². The molecular formula is C15H28N2O2. The van der Waals surface area contributed by atoms with Crippen LogP contribution >= 0.6 is 0 Å². The highest BCUT2D eigenvalue weighted by Gasteiger charge is 2.25. The van der Waals surface area contributed by atoms with Crippen LogP contribution in [0.3, 0.4) is 0 Å². The summed E-state index contributed by atoms with van der Waals surface area (Å²) in [5.74, 6) is 0.0701. The SMILES string of the molecule is C=C(CNC(C)C)CN1CCC(C(=O)OCC)CC1. The van der Waals surface area contributed by atoms with E-state index in [1.54, 1.807) is 0 Å². The number of nitrogens with zero attached hydrogens (tertiary/aromatic N) is 1. The van der Waals surface area contributed by atoms with Crippen LogP contribution in [0.5, 0.6) is 0 Å². The molecule has 19 heavy (non-hydrogen) atoms. The van der Waals surface area contributed by atoms with Gasteiger partial charge in [-0.05, 0) is 38.4 Å². The van der Waals surface area contributed by atoms with E-state index in [0.717, 1.165) is 39.0 Å². The molecule has 0 aromatic heterocycles. The van der Waals surface area contributed by atoms with Gasteiger partial charge in [-0.15, -0.1) is 0 Å². The van der Waals surface area contributed by atoms with E-state index in [0.29, 0.717) is 12.6 Å². The molecule has 1 heterocycles. The van der Waals surface area contributed by atoms with E-state index in [1.807, 2.05) is 6.92 Å². The third kappa shape index (κ3) is 6.21. The topological polar surface area (TPSA) is 41.6 Å². The molecule has 1 aliphatic rings. The van der Waals surface area contributed by atoms with Gasteiger partial charge in [-0.2, -0.15) is 0 Å². The van der Waals surface area contributed by atoms with Crippen LogP contribution in [-0.4, -0.2) is 49.7 Å². The Morgan fingerprint density at radius 1 is 1.42 bits per heavy atom. The Morgan fingerprint density at radius 2 is 2.05 bits per heavy atom. The monoisotopic (exact) mass is 268 g/mol. The number of carbonyl (C=O) groups excluding carboxylic acids is 1. The number of carbonyl (C=O) groups is 1. The molecular weight excluding hydrogens is 240 g/mol. The van der Waals surface area contributed by atoms with E-state index in [1.165, 1.54) is 5.57 Å². The Morgan fingerprint density at radius 3 is 2.58 bits per heavy atom. The number of rotatable bonds is 7. The maximum absolute atomic E-state index is 11.6. The molecule has 1 fully saturated rings. The van der Waals surface area contributed by atoms with E-state index in [2.05, 4.69) is 30.6 Å². The number of likely N-dealkylation sites (tertiary alicyclic amines) is 1. The second kappa shape index (κ2) is 8.33. The summed E-state index contributed by atoms with van der Waals surface area (Å²) >= 11 is 0. The lowest BCUT2D eigenvalue weighted by atomic mass is 9.97. The number of ether oxygens (including phenoxy) is 1. The van der Waals surface area contributed by atoms with Crippen LogP contribution in [0.15, 0.2) is 12.2 Å². The Balaban J connectivity index is 2.22. The molecule has 0 aromatic rings. The maximum Gasteiger partial charge on any atom is 0.309 e. The largest absolute Gasteiger partial charge is 0.466 e. The van der Waals surface area contributed by atoms with Gasteiger partial charge in [-0.1, -0.05) is 20.4 Å². The van der Waals surface area contributed by atoms with Gasteiger partial charge >= 0.3 is 5.97 Å². The summed E-state index contributed by atoms with van der Waals surface area (Å²) in [5, 5.41) is 3.38. The van der Waals surface area contributed by atoms with Crippen LogP contribution in [0.25, 0.3) is 0 Å². The van der Waals surface area contributed by atoms with Crippen LogP contribution in [0, 0.1) is 5.92 Å². The summed E-state index contributed by atoms with van der Waals surface area (Å²) in [7, 11) is 0. The molecule has 0 unspecified atom stereocenters. The van der Waals surface area contributed by atoms with Gasteiger partial charge in [0.2, 0.25) is 0 Å². The van der Waals surface area contributed by atoms with Crippen molar-refractivity contribution in [2.75, 3.05) is 32.8 Å². The average Bonchev–Trinajstić information content (AvgIpc) is 2.37. The quantitative estimate of drug-likeness (QED) is 0.565. The summed E-state index contributed by atoms with van der Waals surface area (Å²) in [4.78, 5) is 14.0. The molecule has 0 aromatic carbocycles. The molecule has 1 aliphatic heterocycles. The fourth-order valence-electron chi connectivity index (χ4n) is 2.31. The molecule has 0 saturated carbocycles. The number of hydrogen-bond donors (Lipinski definition) is 1. The lowest BCUT2D eigenvalue weighted by Gasteiger charge is -2.31. The molecule has 1 rings (SSSR count). The van der Waals surface area contributed by atoms with E-state index in [4.69, 9.17) is 4.74 Å². The smallest absolute Gasteiger partial charge is 0.309 e. The molecule has 0 atom stereocenters. The third-order valence-corrected chi connectivity index (χ3v) is 3.42. The minimum atomic E-state index is -0.0255. The number of piperidine rings is 1. The summed E-state index contributed by atoms with van der Waals surface area (Å²) < 4.78 is 5.08.